The first-order chi connectivity index (χ1) is 8.09. The van der Waals surface area contributed by atoms with Crippen molar-refractivity contribution >= 4 is 0 Å². The van der Waals surface area contributed by atoms with E-state index in [1.165, 1.54) is 0 Å². The molecule has 1 fully saturated rings. The van der Waals surface area contributed by atoms with Gasteiger partial charge in [0.15, 0.2) is 0 Å². The Hall–Kier alpha value is -1.06. The lowest BCUT2D eigenvalue weighted by Gasteiger charge is -2.22. The van der Waals surface area contributed by atoms with Crippen molar-refractivity contribution in [3.8, 4) is 5.75 Å². The zero-order chi connectivity index (χ0) is 12.3. The van der Waals surface area contributed by atoms with Gasteiger partial charge in [-0.15, -0.1) is 0 Å². The molecule has 0 unspecified atom stereocenters. The number of hydrogen-bond donors (Lipinski definition) is 2. The van der Waals surface area contributed by atoms with Gasteiger partial charge in [-0.05, 0) is 37.5 Å². The number of nitrogens with two attached hydrogens (primary N) is 1. The van der Waals surface area contributed by atoms with Crippen molar-refractivity contribution in [2.45, 2.75) is 44.2 Å². The number of ether oxygens (including phenoxy) is 1. The van der Waals surface area contributed by atoms with E-state index in [0.29, 0.717) is 6.61 Å². The van der Waals surface area contributed by atoms with Gasteiger partial charge in [-0.25, -0.2) is 0 Å². The number of benzene rings is 1. The lowest BCUT2D eigenvalue weighted by molar-refractivity contribution is 0.00140. The summed E-state index contributed by atoms with van der Waals surface area (Å²) in [7, 11) is 0. The van der Waals surface area contributed by atoms with Crippen LogP contribution in [0.1, 0.15) is 44.2 Å². The minimum Gasteiger partial charge on any atom is -0.491 e. The van der Waals surface area contributed by atoms with Gasteiger partial charge in [0.25, 0.3) is 0 Å². The number of rotatable bonds is 4. The van der Waals surface area contributed by atoms with Crippen molar-refractivity contribution in [3.63, 3.8) is 0 Å². The Morgan fingerprint density at radius 3 is 2.41 bits per heavy atom. The first-order valence-electron chi connectivity index (χ1n) is 6.30. The van der Waals surface area contributed by atoms with E-state index in [1.807, 2.05) is 31.2 Å². The van der Waals surface area contributed by atoms with Crippen molar-refractivity contribution < 1.29 is 9.84 Å². The average Bonchev–Trinajstić information content (AvgIpc) is 2.75. The van der Waals surface area contributed by atoms with E-state index in [2.05, 4.69) is 0 Å². The van der Waals surface area contributed by atoms with Crippen LogP contribution in [0.25, 0.3) is 0 Å². The molecule has 0 radical (unpaired) electrons. The maximum atomic E-state index is 10.2. The minimum atomic E-state index is -0.611. The summed E-state index contributed by atoms with van der Waals surface area (Å²) in [6.45, 7) is 2.35. The van der Waals surface area contributed by atoms with Gasteiger partial charge < -0.3 is 15.6 Å². The molecule has 0 saturated heterocycles. The molecule has 2 rings (SSSR count). The third-order valence-electron chi connectivity index (χ3n) is 3.45. The van der Waals surface area contributed by atoms with Crippen LogP contribution in [0, 0.1) is 0 Å². The summed E-state index contributed by atoms with van der Waals surface area (Å²) in [5.41, 5.74) is 6.26. The van der Waals surface area contributed by atoms with E-state index in [-0.39, 0.29) is 6.04 Å². The Kier molecular flexibility index (Phi) is 3.69. The van der Waals surface area contributed by atoms with Gasteiger partial charge in [0.1, 0.15) is 12.4 Å². The summed E-state index contributed by atoms with van der Waals surface area (Å²) < 4.78 is 5.64. The van der Waals surface area contributed by atoms with Crippen LogP contribution in [-0.4, -0.2) is 17.3 Å². The van der Waals surface area contributed by atoms with Gasteiger partial charge in [0.05, 0.1) is 5.60 Å². The maximum Gasteiger partial charge on any atom is 0.119 e. The van der Waals surface area contributed by atoms with Crippen LogP contribution < -0.4 is 10.5 Å². The van der Waals surface area contributed by atoms with Crippen LogP contribution in [0.3, 0.4) is 0 Å². The van der Waals surface area contributed by atoms with Crippen molar-refractivity contribution in [1.29, 1.82) is 0 Å². The summed E-state index contributed by atoms with van der Waals surface area (Å²) in [4.78, 5) is 0. The summed E-state index contributed by atoms with van der Waals surface area (Å²) in [5, 5.41) is 10.2. The molecule has 0 spiro atoms. The quantitative estimate of drug-likeness (QED) is 0.842. The summed E-state index contributed by atoms with van der Waals surface area (Å²) in [6, 6.07) is 7.81. The topological polar surface area (TPSA) is 55.5 Å². The molecule has 1 aliphatic rings. The van der Waals surface area contributed by atoms with Crippen molar-refractivity contribution in [2.24, 2.45) is 5.73 Å². The molecule has 17 heavy (non-hydrogen) atoms. The summed E-state index contributed by atoms with van der Waals surface area (Å²) >= 11 is 0. The van der Waals surface area contributed by atoms with E-state index < -0.39 is 5.60 Å². The lowest BCUT2D eigenvalue weighted by atomic mass is 10.0. The number of aliphatic hydroxyl groups is 1. The molecular weight excluding hydrogens is 214 g/mol. The van der Waals surface area contributed by atoms with Crippen LogP contribution in [-0.2, 0) is 0 Å². The molecule has 1 aromatic rings. The predicted octanol–water partition coefficient (Wildman–Crippen LogP) is 2.39. The average molecular weight is 235 g/mol. The molecule has 0 aliphatic heterocycles. The molecule has 3 N–H and O–H groups in total. The van der Waals surface area contributed by atoms with E-state index in [0.717, 1.165) is 37.0 Å². The molecule has 0 heterocycles. The second kappa shape index (κ2) is 5.07. The molecule has 1 atom stereocenters. The Morgan fingerprint density at radius 2 is 1.88 bits per heavy atom. The highest BCUT2D eigenvalue weighted by molar-refractivity contribution is 5.28. The predicted molar refractivity (Wildman–Crippen MR) is 68.0 cm³/mol. The standard InChI is InChI=1S/C14H21NO2/c1-11(15)12-4-6-13(7-5-12)17-10-14(16)8-2-3-9-14/h4-7,11,16H,2-3,8-10,15H2,1H3/t11-/m0/s1. The largest absolute Gasteiger partial charge is 0.491 e. The van der Waals surface area contributed by atoms with Gasteiger partial charge in [0, 0.05) is 6.04 Å². The van der Waals surface area contributed by atoms with Crippen LogP contribution in [0.2, 0.25) is 0 Å². The highest BCUT2D eigenvalue weighted by Crippen LogP contribution is 2.30. The van der Waals surface area contributed by atoms with Crippen LogP contribution in [0.15, 0.2) is 24.3 Å². The van der Waals surface area contributed by atoms with Crippen molar-refractivity contribution in [2.75, 3.05) is 6.61 Å². The second-order valence-corrected chi connectivity index (χ2v) is 5.08. The molecule has 3 heteroatoms. The zero-order valence-corrected chi connectivity index (χ0v) is 10.4. The van der Waals surface area contributed by atoms with Crippen molar-refractivity contribution in [1.82, 2.24) is 0 Å². The summed E-state index contributed by atoms with van der Waals surface area (Å²) in [5.74, 6) is 0.801. The van der Waals surface area contributed by atoms with Crippen LogP contribution in [0.5, 0.6) is 5.75 Å². The fourth-order valence-electron chi connectivity index (χ4n) is 2.26. The van der Waals surface area contributed by atoms with Crippen LogP contribution >= 0.6 is 0 Å². The Morgan fingerprint density at radius 1 is 1.29 bits per heavy atom. The Balaban J connectivity index is 1.90. The Labute approximate surface area is 103 Å². The molecular formula is C14H21NO2. The molecule has 1 saturated carbocycles. The summed E-state index contributed by atoms with van der Waals surface area (Å²) in [6.07, 6.45) is 3.91. The first kappa shape index (κ1) is 12.4. The second-order valence-electron chi connectivity index (χ2n) is 5.08. The monoisotopic (exact) mass is 235 g/mol. The normalized spacial score (nSPS) is 20.2. The SMILES string of the molecule is C[C@H](N)c1ccc(OCC2(O)CCCC2)cc1. The van der Waals surface area contributed by atoms with Gasteiger partial charge in [-0.2, -0.15) is 0 Å². The molecule has 1 aliphatic carbocycles. The molecule has 1 aromatic carbocycles. The molecule has 0 aromatic heterocycles. The van der Waals surface area contributed by atoms with E-state index in [4.69, 9.17) is 10.5 Å². The van der Waals surface area contributed by atoms with Crippen molar-refractivity contribution in [3.05, 3.63) is 29.8 Å². The third kappa shape index (κ3) is 3.20. The van der Waals surface area contributed by atoms with E-state index >= 15 is 0 Å². The van der Waals surface area contributed by atoms with E-state index in [9.17, 15) is 5.11 Å². The van der Waals surface area contributed by atoms with E-state index in [1.54, 1.807) is 0 Å². The lowest BCUT2D eigenvalue weighted by Crippen LogP contribution is -2.32. The zero-order valence-electron chi connectivity index (χ0n) is 10.4. The Bertz CT molecular complexity index is 353. The third-order valence-corrected chi connectivity index (χ3v) is 3.45. The smallest absolute Gasteiger partial charge is 0.119 e. The van der Waals surface area contributed by atoms with Gasteiger partial charge in [-0.3, -0.25) is 0 Å². The highest BCUT2D eigenvalue weighted by Gasteiger charge is 2.31. The fourth-order valence-corrected chi connectivity index (χ4v) is 2.26. The maximum absolute atomic E-state index is 10.2. The van der Waals surface area contributed by atoms with Crippen LogP contribution in [0.4, 0.5) is 0 Å². The number of hydrogen-bond acceptors (Lipinski definition) is 3. The first-order valence-corrected chi connectivity index (χ1v) is 6.30. The van der Waals surface area contributed by atoms with Gasteiger partial charge >= 0.3 is 0 Å². The highest BCUT2D eigenvalue weighted by atomic mass is 16.5. The minimum absolute atomic E-state index is 0.0445. The fraction of sp³-hybridized carbons (Fsp3) is 0.571. The molecule has 3 nitrogen and oxygen atoms in total. The van der Waals surface area contributed by atoms with Gasteiger partial charge in [-0.1, -0.05) is 25.0 Å². The van der Waals surface area contributed by atoms with Gasteiger partial charge in [0.2, 0.25) is 0 Å². The molecule has 0 amide bonds. The molecule has 0 bridgehead atoms. The molecule has 94 valence electrons.